The van der Waals surface area contributed by atoms with Gasteiger partial charge in [-0.25, -0.2) is 0 Å². The van der Waals surface area contributed by atoms with Crippen LogP contribution in [0.4, 0.5) is 0 Å². The fourth-order valence-electron chi connectivity index (χ4n) is 4.01. The molecule has 0 radical (unpaired) electrons. The molecule has 0 spiro atoms. The van der Waals surface area contributed by atoms with E-state index in [0.29, 0.717) is 18.9 Å². The van der Waals surface area contributed by atoms with E-state index in [-0.39, 0.29) is 29.8 Å². The minimum absolute atomic E-state index is 0.0847. The van der Waals surface area contributed by atoms with Gasteiger partial charge in [-0.2, -0.15) is 0 Å². The number of benzene rings is 1. The van der Waals surface area contributed by atoms with Gasteiger partial charge in [0.05, 0.1) is 12.0 Å². The number of rotatable bonds is 4. The average molecular weight is 327 g/mol. The highest BCUT2D eigenvalue weighted by molar-refractivity contribution is 5.86. The molecule has 2 aliphatic heterocycles. The van der Waals surface area contributed by atoms with Crippen molar-refractivity contribution in [3.63, 3.8) is 0 Å². The van der Waals surface area contributed by atoms with Gasteiger partial charge in [0.2, 0.25) is 11.8 Å². The molecule has 3 aliphatic rings. The van der Waals surface area contributed by atoms with Crippen molar-refractivity contribution in [2.75, 3.05) is 19.6 Å². The third-order valence-electron chi connectivity index (χ3n) is 5.56. The Morgan fingerprint density at radius 1 is 1.08 bits per heavy atom. The Morgan fingerprint density at radius 3 is 2.58 bits per heavy atom. The molecule has 0 unspecified atom stereocenters. The van der Waals surface area contributed by atoms with E-state index in [0.717, 1.165) is 32.4 Å². The van der Waals surface area contributed by atoms with Gasteiger partial charge >= 0.3 is 0 Å². The van der Waals surface area contributed by atoms with Crippen LogP contribution in [0, 0.1) is 5.92 Å². The Balaban J connectivity index is 1.27. The first kappa shape index (κ1) is 15.6. The maximum atomic E-state index is 12.5. The summed E-state index contributed by atoms with van der Waals surface area (Å²) in [4.78, 5) is 26.8. The van der Waals surface area contributed by atoms with Crippen molar-refractivity contribution >= 4 is 11.8 Å². The molecule has 4 atom stereocenters. The molecule has 1 aromatic carbocycles. The van der Waals surface area contributed by atoms with Gasteiger partial charge in [0.15, 0.2) is 0 Å². The molecular weight excluding hydrogens is 302 g/mol. The average Bonchev–Trinajstić information content (AvgIpc) is 3.05. The normalized spacial score (nSPS) is 31.9. The molecule has 2 amide bonds. The molecule has 1 aliphatic carbocycles. The summed E-state index contributed by atoms with van der Waals surface area (Å²) >= 11 is 0. The van der Waals surface area contributed by atoms with Crippen molar-refractivity contribution in [1.82, 2.24) is 15.5 Å². The van der Waals surface area contributed by atoms with Crippen LogP contribution in [-0.2, 0) is 9.59 Å². The predicted molar refractivity (Wildman–Crippen MR) is 91.4 cm³/mol. The van der Waals surface area contributed by atoms with Crippen LogP contribution in [0.25, 0.3) is 0 Å². The lowest BCUT2D eigenvalue weighted by molar-refractivity contribution is -0.132. The summed E-state index contributed by atoms with van der Waals surface area (Å²) in [5.41, 5.74) is 1.30. The molecule has 2 saturated heterocycles. The summed E-state index contributed by atoms with van der Waals surface area (Å²) in [7, 11) is 0. The summed E-state index contributed by atoms with van der Waals surface area (Å²) < 4.78 is 0. The minimum Gasteiger partial charge on any atom is -0.352 e. The third kappa shape index (κ3) is 3.18. The molecule has 0 bridgehead atoms. The second-order valence-corrected chi connectivity index (χ2v) is 7.29. The number of hydrogen-bond donors (Lipinski definition) is 2. The maximum Gasteiger partial charge on any atom is 0.239 e. The van der Waals surface area contributed by atoms with Gasteiger partial charge in [0.25, 0.3) is 0 Å². The van der Waals surface area contributed by atoms with Crippen LogP contribution in [0.1, 0.15) is 37.2 Å². The zero-order valence-electron chi connectivity index (χ0n) is 13.9. The van der Waals surface area contributed by atoms with Crippen LogP contribution in [0.15, 0.2) is 30.3 Å². The Bertz CT molecular complexity index is 612. The number of carbonyl (C=O) groups excluding carboxylic acids is 2. The monoisotopic (exact) mass is 327 g/mol. The van der Waals surface area contributed by atoms with Crippen molar-refractivity contribution in [2.24, 2.45) is 5.92 Å². The number of likely N-dealkylation sites (tertiary alicyclic amines) is 1. The molecule has 4 rings (SSSR count). The first-order chi connectivity index (χ1) is 11.7. The number of hydrogen-bond acceptors (Lipinski definition) is 3. The van der Waals surface area contributed by atoms with Crippen LogP contribution in [0.5, 0.6) is 0 Å². The SMILES string of the molecule is O=C(N[C@H]1C[C@@H]1c1ccccc1)[C@@H]1CN[C@H](C(=O)N2CCCC2)C1. The molecule has 1 aromatic rings. The smallest absolute Gasteiger partial charge is 0.239 e. The maximum absolute atomic E-state index is 12.5. The summed E-state index contributed by atoms with van der Waals surface area (Å²) in [6.07, 6.45) is 3.85. The Hall–Kier alpha value is -1.88. The van der Waals surface area contributed by atoms with Crippen molar-refractivity contribution in [2.45, 2.75) is 43.7 Å². The highest BCUT2D eigenvalue weighted by Crippen LogP contribution is 2.40. The summed E-state index contributed by atoms with van der Waals surface area (Å²) in [5.74, 6) is 0.643. The summed E-state index contributed by atoms with van der Waals surface area (Å²) in [5, 5.41) is 6.42. The fraction of sp³-hybridized carbons (Fsp3) is 0.579. The Morgan fingerprint density at radius 2 is 1.83 bits per heavy atom. The fourth-order valence-corrected chi connectivity index (χ4v) is 4.01. The van der Waals surface area contributed by atoms with E-state index in [2.05, 4.69) is 22.8 Å². The molecule has 5 nitrogen and oxygen atoms in total. The van der Waals surface area contributed by atoms with Gasteiger partial charge in [-0.3, -0.25) is 9.59 Å². The van der Waals surface area contributed by atoms with Gasteiger partial charge < -0.3 is 15.5 Å². The van der Waals surface area contributed by atoms with E-state index in [9.17, 15) is 9.59 Å². The summed E-state index contributed by atoms with van der Waals surface area (Å²) in [6, 6.07) is 10.4. The summed E-state index contributed by atoms with van der Waals surface area (Å²) in [6.45, 7) is 2.35. The molecule has 0 aromatic heterocycles. The highest BCUT2D eigenvalue weighted by atomic mass is 16.2. The van der Waals surface area contributed by atoms with Gasteiger partial charge in [0.1, 0.15) is 0 Å². The van der Waals surface area contributed by atoms with Crippen LogP contribution in [-0.4, -0.2) is 48.4 Å². The lowest BCUT2D eigenvalue weighted by Gasteiger charge is -2.19. The van der Waals surface area contributed by atoms with Gasteiger partial charge in [-0.05, 0) is 31.2 Å². The van der Waals surface area contributed by atoms with Gasteiger partial charge in [-0.1, -0.05) is 30.3 Å². The molecule has 5 heteroatoms. The van der Waals surface area contributed by atoms with Gasteiger partial charge in [-0.15, -0.1) is 0 Å². The first-order valence-electron chi connectivity index (χ1n) is 9.10. The highest BCUT2D eigenvalue weighted by Gasteiger charge is 2.42. The lowest BCUT2D eigenvalue weighted by atomic mass is 10.0. The number of carbonyl (C=O) groups is 2. The topological polar surface area (TPSA) is 61.4 Å². The zero-order valence-corrected chi connectivity index (χ0v) is 13.9. The third-order valence-corrected chi connectivity index (χ3v) is 5.56. The molecule has 1 saturated carbocycles. The first-order valence-corrected chi connectivity index (χ1v) is 9.10. The van der Waals surface area contributed by atoms with Crippen LogP contribution in [0.3, 0.4) is 0 Å². The van der Waals surface area contributed by atoms with Crippen molar-refractivity contribution in [3.05, 3.63) is 35.9 Å². The lowest BCUT2D eigenvalue weighted by Crippen LogP contribution is -2.42. The van der Waals surface area contributed by atoms with E-state index in [4.69, 9.17) is 0 Å². The molecule has 3 fully saturated rings. The van der Waals surface area contributed by atoms with Crippen LogP contribution >= 0.6 is 0 Å². The van der Waals surface area contributed by atoms with E-state index in [1.807, 2.05) is 23.1 Å². The second kappa shape index (κ2) is 6.55. The van der Waals surface area contributed by atoms with E-state index in [1.54, 1.807) is 0 Å². The minimum atomic E-state index is -0.178. The molecule has 24 heavy (non-hydrogen) atoms. The van der Waals surface area contributed by atoms with E-state index >= 15 is 0 Å². The Labute approximate surface area is 142 Å². The Kier molecular flexibility index (Phi) is 4.27. The quantitative estimate of drug-likeness (QED) is 0.875. The van der Waals surface area contributed by atoms with Crippen molar-refractivity contribution < 1.29 is 9.59 Å². The van der Waals surface area contributed by atoms with E-state index in [1.165, 1.54) is 5.56 Å². The second-order valence-electron chi connectivity index (χ2n) is 7.29. The van der Waals surface area contributed by atoms with Crippen LogP contribution < -0.4 is 10.6 Å². The molecule has 2 N–H and O–H groups in total. The molecular formula is C19H25N3O2. The zero-order chi connectivity index (χ0) is 16.5. The van der Waals surface area contributed by atoms with E-state index < -0.39 is 0 Å². The molecule has 128 valence electrons. The number of nitrogens with one attached hydrogen (secondary N) is 2. The van der Waals surface area contributed by atoms with Gasteiger partial charge in [0, 0.05) is 31.6 Å². The van der Waals surface area contributed by atoms with Crippen molar-refractivity contribution in [1.29, 1.82) is 0 Å². The number of amides is 2. The van der Waals surface area contributed by atoms with Crippen molar-refractivity contribution in [3.8, 4) is 0 Å². The standard InChI is InChI=1S/C19H25N3O2/c23-18(21-16-11-15(16)13-6-2-1-3-7-13)14-10-17(20-12-14)19(24)22-8-4-5-9-22/h1-3,6-7,14-17,20H,4-5,8-12H2,(H,21,23)/t14-,15+,16-,17-/m0/s1. The molecule has 2 heterocycles. The number of nitrogens with zero attached hydrogens (tertiary/aromatic N) is 1. The largest absolute Gasteiger partial charge is 0.352 e. The van der Waals surface area contributed by atoms with Crippen LogP contribution in [0.2, 0.25) is 0 Å². The predicted octanol–water partition coefficient (Wildman–Crippen LogP) is 1.26.